The van der Waals surface area contributed by atoms with Crippen LogP contribution in [0.1, 0.15) is 0 Å². The predicted octanol–water partition coefficient (Wildman–Crippen LogP) is 9.79. The Morgan fingerprint density at radius 1 is 0.500 bits per heavy atom. The van der Waals surface area contributed by atoms with Crippen LogP contribution >= 0.6 is 11.3 Å². The SMILES string of the molecule is c1ccc(-c2cc(-c3ccccc3)nc(-c3ccc(-n4c5ccccc5c5sc6ccccc6c54)cc3)n2)cc1. The first-order valence-electron chi connectivity index (χ1n) is 13.3. The fourth-order valence-electron chi connectivity index (χ4n) is 5.54. The zero-order chi connectivity index (χ0) is 26.5. The van der Waals surface area contributed by atoms with Gasteiger partial charge >= 0.3 is 0 Å². The van der Waals surface area contributed by atoms with Crippen LogP contribution in [0.15, 0.2) is 140 Å². The number of hydrogen-bond acceptors (Lipinski definition) is 3. The summed E-state index contributed by atoms with van der Waals surface area (Å²) in [5.41, 5.74) is 8.57. The summed E-state index contributed by atoms with van der Waals surface area (Å²) in [6.45, 7) is 0. The van der Waals surface area contributed by atoms with E-state index in [-0.39, 0.29) is 0 Å². The molecule has 4 heteroatoms. The maximum atomic E-state index is 5.01. The van der Waals surface area contributed by atoms with E-state index >= 15 is 0 Å². The summed E-state index contributed by atoms with van der Waals surface area (Å²) in [4.78, 5) is 10.0. The highest BCUT2D eigenvalue weighted by atomic mass is 32.1. The summed E-state index contributed by atoms with van der Waals surface area (Å²) in [7, 11) is 0. The Kier molecular flexibility index (Phi) is 5.32. The van der Waals surface area contributed by atoms with Crippen LogP contribution in [0, 0.1) is 0 Å². The second kappa shape index (κ2) is 9.30. The van der Waals surface area contributed by atoms with Crippen LogP contribution in [0.5, 0.6) is 0 Å². The molecule has 0 aliphatic carbocycles. The smallest absolute Gasteiger partial charge is 0.160 e. The van der Waals surface area contributed by atoms with E-state index < -0.39 is 0 Å². The molecule has 0 aliphatic rings. The molecule has 0 saturated carbocycles. The van der Waals surface area contributed by atoms with Gasteiger partial charge in [0.05, 0.1) is 27.1 Å². The van der Waals surface area contributed by atoms with Gasteiger partial charge in [0.15, 0.2) is 5.82 Å². The average Bonchev–Trinajstić information content (AvgIpc) is 3.57. The number of benzene rings is 5. The number of hydrogen-bond donors (Lipinski definition) is 0. The van der Waals surface area contributed by atoms with E-state index in [0.717, 1.165) is 39.6 Å². The first-order chi connectivity index (χ1) is 19.8. The molecule has 0 bridgehead atoms. The van der Waals surface area contributed by atoms with Crippen molar-refractivity contribution in [3.63, 3.8) is 0 Å². The Balaban J connectivity index is 1.29. The lowest BCUT2D eigenvalue weighted by molar-refractivity contribution is 1.17. The molecule has 0 atom stereocenters. The van der Waals surface area contributed by atoms with Crippen LogP contribution < -0.4 is 0 Å². The molecular formula is C36H23N3S. The largest absolute Gasteiger partial charge is 0.308 e. The predicted molar refractivity (Wildman–Crippen MR) is 168 cm³/mol. The molecule has 0 radical (unpaired) electrons. The van der Waals surface area contributed by atoms with Crippen molar-refractivity contribution in [3.05, 3.63) is 140 Å². The molecule has 0 spiro atoms. The van der Waals surface area contributed by atoms with Gasteiger partial charge in [-0.1, -0.05) is 97.1 Å². The molecule has 40 heavy (non-hydrogen) atoms. The van der Waals surface area contributed by atoms with Crippen LogP contribution in [0.4, 0.5) is 0 Å². The maximum absolute atomic E-state index is 5.01. The van der Waals surface area contributed by atoms with E-state index in [4.69, 9.17) is 9.97 Å². The standard InChI is InChI=1S/C36H23N3S/c1-3-11-24(12-4-1)30-23-31(25-13-5-2-6-14-25)38-36(37-30)26-19-21-27(22-20-26)39-32-17-9-7-15-28(32)35-34(39)29-16-8-10-18-33(29)40-35/h1-23H. The zero-order valence-electron chi connectivity index (χ0n) is 21.5. The molecule has 3 aromatic heterocycles. The van der Waals surface area contributed by atoms with Gasteiger partial charge in [0.1, 0.15) is 0 Å². The topological polar surface area (TPSA) is 30.7 Å². The van der Waals surface area contributed by atoms with Crippen molar-refractivity contribution in [2.45, 2.75) is 0 Å². The van der Waals surface area contributed by atoms with E-state index in [1.807, 2.05) is 47.7 Å². The molecule has 0 aliphatic heterocycles. The van der Waals surface area contributed by atoms with Crippen LogP contribution in [-0.4, -0.2) is 14.5 Å². The van der Waals surface area contributed by atoms with Crippen molar-refractivity contribution in [2.75, 3.05) is 0 Å². The molecule has 0 unspecified atom stereocenters. The van der Waals surface area contributed by atoms with E-state index in [1.54, 1.807) is 0 Å². The van der Waals surface area contributed by atoms with Gasteiger partial charge in [-0.05, 0) is 42.5 Å². The highest BCUT2D eigenvalue weighted by Gasteiger charge is 2.17. The van der Waals surface area contributed by atoms with Crippen molar-refractivity contribution in [1.29, 1.82) is 0 Å². The van der Waals surface area contributed by atoms with Gasteiger partial charge in [0.2, 0.25) is 0 Å². The molecule has 0 amide bonds. The Morgan fingerprint density at radius 2 is 1.07 bits per heavy atom. The summed E-state index contributed by atoms with van der Waals surface area (Å²) in [5.74, 6) is 0.718. The van der Waals surface area contributed by atoms with E-state index in [0.29, 0.717) is 0 Å². The molecule has 3 heterocycles. The molecule has 8 rings (SSSR count). The van der Waals surface area contributed by atoms with Crippen LogP contribution in [-0.2, 0) is 0 Å². The van der Waals surface area contributed by atoms with Crippen molar-refractivity contribution in [2.24, 2.45) is 0 Å². The minimum Gasteiger partial charge on any atom is -0.308 e. The molecule has 0 saturated heterocycles. The average molecular weight is 530 g/mol. The van der Waals surface area contributed by atoms with Crippen molar-refractivity contribution in [3.8, 4) is 39.6 Å². The summed E-state index contributed by atoms with van der Waals surface area (Å²) >= 11 is 1.86. The summed E-state index contributed by atoms with van der Waals surface area (Å²) in [6.07, 6.45) is 0. The highest BCUT2D eigenvalue weighted by molar-refractivity contribution is 7.26. The Bertz CT molecular complexity index is 2080. The van der Waals surface area contributed by atoms with Crippen LogP contribution in [0.25, 0.3) is 70.8 Å². The Morgan fingerprint density at radius 3 is 1.75 bits per heavy atom. The number of nitrogens with zero attached hydrogens (tertiary/aromatic N) is 3. The third kappa shape index (κ3) is 3.73. The van der Waals surface area contributed by atoms with Gasteiger partial charge in [-0.2, -0.15) is 0 Å². The van der Waals surface area contributed by atoms with Gasteiger partial charge in [-0.3, -0.25) is 0 Å². The Labute approximate surface area is 235 Å². The third-order valence-corrected chi connectivity index (χ3v) is 8.62. The molecule has 8 aromatic rings. The second-order valence-corrected chi connectivity index (χ2v) is 10.9. The second-order valence-electron chi connectivity index (χ2n) is 9.87. The normalized spacial score (nSPS) is 11.5. The summed E-state index contributed by atoms with van der Waals surface area (Å²) < 4.78 is 5.03. The quantitative estimate of drug-likeness (QED) is 0.227. The summed E-state index contributed by atoms with van der Waals surface area (Å²) in [5, 5.41) is 2.57. The number of aromatic nitrogens is 3. The number of rotatable bonds is 4. The van der Waals surface area contributed by atoms with Gasteiger partial charge in [-0.15, -0.1) is 11.3 Å². The fraction of sp³-hybridized carbons (Fsp3) is 0. The minimum absolute atomic E-state index is 0.718. The molecular weight excluding hydrogens is 506 g/mol. The van der Waals surface area contributed by atoms with Gasteiger partial charge in [-0.25, -0.2) is 9.97 Å². The van der Waals surface area contributed by atoms with Gasteiger partial charge < -0.3 is 4.57 Å². The lowest BCUT2D eigenvalue weighted by Crippen LogP contribution is -1.97. The summed E-state index contributed by atoms with van der Waals surface area (Å²) in [6, 6.07) is 48.7. The van der Waals surface area contributed by atoms with E-state index in [9.17, 15) is 0 Å². The zero-order valence-corrected chi connectivity index (χ0v) is 22.3. The Hall–Kier alpha value is -5.06. The van der Waals surface area contributed by atoms with Gasteiger partial charge in [0.25, 0.3) is 0 Å². The molecule has 0 N–H and O–H groups in total. The maximum Gasteiger partial charge on any atom is 0.160 e. The highest BCUT2D eigenvalue weighted by Crippen LogP contribution is 2.42. The lowest BCUT2D eigenvalue weighted by atomic mass is 10.1. The molecule has 3 nitrogen and oxygen atoms in total. The van der Waals surface area contributed by atoms with Crippen LogP contribution in [0.3, 0.4) is 0 Å². The minimum atomic E-state index is 0.718. The molecule has 188 valence electrons. The van der Waals surface area contributed by atoms with E-state index in [2.05, 4.69) is 108 Å². The van der Waals surface area contributed by atoms with E-state index in [1.165, 1.54) is 31.2 Å². The third-order valence-electron chi connectivity index (χ3n) is 7.43. The first kappa shape index (κ1) is 22.9. The van der Waals surface area contributed by atoms with Gasteiger partial charge in [0, 0.05) is 37.9 Å². The van der Waals surface area contributed by atoms with Crippen LogP contribution in [0.2, 0.25) is 0 Å². The first-order valence-corrected chi connectivity index (χ1v) is 14.2. The van der Waals surface area contributed by atoms with Crippen molar-refractivity contribution in [1.82, 2.24) is 14.5 Å². The van der Waals surface area contributed by atoms with Crippen molar-refractivity contribution < 1.29 is 0 Å². The lowest BCUT2D eigenvalue weighted by Gasteiger charge is -2.11. The van der Waals surface area contributed by atoms with Crippen molar-refractivity contribution >= 4 is 42.5 Å². The molecule has 5 aromatic carbocycles. The molecule has 0 fully saturated rings. The number of fused-ring (bicyclic) bond motifs is 5. The number of thiophene rings is 1. The fourth-order valence-corrected chi connectivity index (χ4v) is 6.76. The monoisotopic (exact) mass is 529 g/mol. The number of para-hydroxylation sites is 1.